The number of amides is 1. The molecule has 5 heteroatoms. The summed E-state index contributed by atoms with van der Waals surface area (Å²) in [6.45, 7) is 4.82. The van der Waals surface area contributed by atoms with Crippen LogP contribution in [0.15, 0.2) is 28.9 Å². The van der Waals surface area contributed by atoms with Crippen LogP contribution in [0, 0.1) is 0 Å². The Labute approximate surface area is 136 Å². The van der Waals surface area contributed by atoms with Gasteiger partial charge in [-0.2, -0.15) is 0 Å². The molecule has 1 aliphatic rings. The zero-order valence-electron chi connectivity index (χ0n) is 13.8. The molecule has 0 radical (unpaired) electrons. The first-order valence-corrected chi connectivity index (χ1v) is 8.27. The molecule has 0 spiro atoms. The second kappa shape index (κ2) is 7.04. The van der Waals surface area contributed by atoms with Gasteiger partial charge in [-0.15, -0.1) is 0 Å². The number of fused-ring (bicyclic) bond motifs is 1. The SMILES string of the molecule is CCCN(C(=O)Cc1coc2cc(OC)ccc12)C1CCNC1. The first-order chi connectivity index (χ1) is 11.2. The lowest BCUT2D eigenvalue weighted by Crippen LogP contribution is -2.42. The standard InChI is InChI=1S/C18H24N2O3/c1-3-8-20(14-6-7-19-11-14)18(21)9-13-12-23-17-10-15(22-2)4-5-16(13)17/h4-5,10,12,14,19H,3,6-9,11H2,1-2H3. The van der Waals surface area contributed by atoms with Crippen LogP contribution >= 0.6 is 0 Å². The fourth-order valence-corrected chi connectivity index (χ4v) is 3.25. The molecular formula is C18H24N2O3. The molecule has 2 heterocycles. The van der Waals surface area contributed by atoms with Gasteiger partial charge in [0.15, 0.2) is 0 Å². The van der Waals surface area contributed by atoms with Gasteiger partial charge < -0.3 is 19.4 Å². The predicted molar refractivity (Wildman–Crippen MR) is 89.7 cm³/mol. The van der Waals surface area contributed by atoms with E-state index in [0.717, 1.165) is 54.8 Å². The highest BCUT2D eigenvalue weighted by molar-refractivity contribution is 5.88. The molecule has 1 atom stereocenters. The van der Waals surface area contributed by atoms with E-state index in [4.69, 9.17) is 9.15 Å². The Morgan fingerprint density at radius 3 is 3.04 bits per heavy atom. The van der Waals surface area contributed by atoms with E-state index in [2.05, 4.69) is 12.2 Å². The van der Waals surface area contributed by atoms with E-state index in [1.807, 2.05) is 23.1 Å². The molecule has 1 aromatic carbocycles. The summed E-state index contributed by atoms with van der Waals surface area (Å²) in [7, 11) is 1.63. The number of methoxy groups -OCH3 is 1. The van der Waals surface area contributed by atoms with Crippen LogP contribution in [0.3, 0.4) is 0 Å². The number of ether oxygens (including phenoxy) is 1. The van der Waals surface area contributed by atoms with Crippen LogP contribution in [0.1, 0.15) is 25.3 Å². The van der Waals surface area contributed by atoms with Gasteiger partial charge in [0.25, 0.3) is 0 Å². The lowest BCUT2D eigenvalue weighted by atomic mass is 10.1. The summed E-state index contributed by atoms with van der Waals surface area (Å²) in [5, 5.41) is 4.33. The van der Waals surface area contributed by atoms with Crippen LogP contribution in [0.5, 0.6) is 5.75 Å². The molecule has 5 nitrogen and oxygen atoms in total. The second-order valence-corrected chi connectivity index (χ2v) is 6.03. The third-order valence-electron chi connectivity index (χ3n) is 4.46. The molecule has 1 fully saturated rings. The minimum absolute atomic E-state index is 0.180. The molecule has 2 aromatic rings. The number of rotatable bonds is 6. The zero-order valence-corrected chi connectivity index (χ0v) is 13.8. The molecule has 1 N–H and O–H groups in total. The summed E-state index contributed by atoms with van der Waals surface area (Å²) in [6.07, 6.45) is 4.09. The third-order valence-corrected chi connectivity index (χ3v) is 4.46. The molecular weight excluding hydrogens is 292 g/mol. The molecule has 23 heavy (non-hydrogen) atoms. The number of benzene rings is 1. The summed E-state index contributed by atoms with van der Waals surface area (Å²) in [4.78, 5) is 14.8. The van der Waals surface area contributed by atoms with Gasteiger partial charge in [-0.1, -0.05) is 6.92 Å². The predicted octanol–water partition coefficient (Wildman–Crippen LogP) is 2.58. The van der Waals surface area contributed by atoms with Crippen molar-refractivity contribution in [3.63, 3.8) is 0 Å². The summed E-state index contributed by atoms with van der Waals surface area (Å²) < 4.78 is 10.8. The van der Waals surface area contributed by atoms with Crippen molar-refractivity contribution in [2.45, 2.75) is 32.2 Å². The Kier molecular flexibility index (Phi) is 4.86. The summed E-state index contributed by atoms with van der Waals surface area (Å²) in [6, 6.07) is 6.03. The fourth-order valence-electron chi connectivity index (χ4n) is 3.25. The molecule has 0 saturated carbocycles. The molecule has 3 rings (SSSR count). The lowest BCUT2D eigenvalue weighted by Gasteiger charge is -2.28. The van der Waals surface area contributed by atoms with Gasteiger partial charge in [0.2, 0.25) is 5.91 Å². The van der Waals surface area contributed by atoms with E-state index in [9.17, 15) is 4.79 Å². The average molecular weight is 316 g/mol. The number of furan rings is 1. The summed E-state index contributed by atoms with van der Waals surface area (Å²) >= 11 is 0. The van der Waals surface area contributed by atoms with Crippen molar-refractivity contribution in [2.75, 3.05) is 26.7 Å². The Morgan fingerprint density at radius 2 is 2.35 bits per heavy atom. The zero-order chi connectivity index (χ0) is 16.2. The van der Waals surface area contributed by atoms with E-state index in [1.165, 1.54) is 0 Å². The molecule has 1 saturated heterocycles. The number of hydrogen-bond acceptors (Lipinski definition) is 4. The van der Waals surface area contributed by atoms with Gasteiger partial charge in [0.05, 0.1) is 19.8 Å². The average Bonchev–Trinajstić information content (AvgIpc) is 3.22. The van der Waals surface area contributed by atoms with Crippen LogP contribution in [0.2, 0.25) is 0 Å². The van der Waals surface area contributed by atoms with Crippen molar-refractivity contribution in [3.05, 3.63) is 30.0 Å². The smallest absolute Gasteiger partial charge is 0.227 e. The van der Waals surface area contributed by atoms with E-state index < -0.39 is 0 Å². The summed E-state index contributed by atoms with van der Waals surface area (Å²) in [5.41, 5.74) is 1.71. The van der Waals surface area contributed by atoms with Crippen LogP contribution < -0.4 is 10.1 Å². The topological polar surface area (TPSA) is 54.7 Å². The normalized spacial score (nSPS) is 17.6. The Hall–Kier alpha value is -2.01. The van der Waals surface area contributed by atoms with Crippen molar-refractivity contribution >= 4 is 16.9 Å². The van der Waals surface area contributed by atoms with Gasteiger partial charge in [-0.3, -0.25) is 4.79 Å². The first kappa shape index (κ1) is 15.9. The molecule has 1 amide bonds. The number of carbonyl (C=O) groups excluding carboxylic acids is 1. The van der Waals surface area contributed by atoms with Gasteiger partial charge in [0, 0.05) is 36.1 Å². The second-order valence-electron chi connectivity index (χ2n) is 6.03. The van der Waals surface area contributed by atoms with Gasteiger partial charge >= 0.3 is 0 Å². The lowest BCUT2D eigenvalue weighted by molar-refractivity contribution is -0.132. The number of nitrogens with zero attached hydrogens (tertiary/aromatic N) is 1. The van der Waals surface area contributed by atoms with Crippen molar-refractivity contribution in [2.24, 2.45) is 0 Å². The highest BCUT2D eigenvalue weighted by Gasteiger charge is 2.26. The Bertz CT molecular complexity index is 674. The maximum Gasteiger partial charge on any atom is 0.227 e. The fraction of sp³-hybridized carbons (Fsp3) is 0.500. The highest BCUT2D eigenvalue weighted by Crippen LogP contribution is 2.26. The minimum Gasteiger partial charge on any atom is -0.497 e. The monoisotopic (exact) mass is 316 g/mol. The Balaban J connectivity index is 1.78. The minimum atomic E-state index is 0.180. The van der Waals surface area contributed by atoms with Crippen LogP contribution in [-0.4, -0.2) is 43.6 Å². The maximum absolute atomic E-state index is 12.8. The number of nitrogens with one attached hydrogen (secondary N) is 1. The van der Waals surface area contributed by atoms with Crippen LogP contribution in [-0.2, 0) is 11.2 Å². The largest absolute Gasteiger partial charge is 0.497 e. The van der Waals surface area contributed by atoms with Crippen molar-refractivity contribution in [1.29, 1.82) is 0 Å². The van der Waals surface area contributed by atoms with E-state index in [1.54, 1.807) is 13.4 Å². The molecule has 0 bridgehead atoms. The van der Waals surface area contributed by atoms with Crippen molar-refractivity contribution < 1.29 is 13.9 Å². The Morgan fingerprint density at radius 1 is 1.48 bits per heavy atom. The van der Waals surface area contributed by atoms with E-state index in [-0.39, 0.29) is 5.91 Å². The molecule has 1 unspecified atom stereocenters. The maximum atomic E-state index is 12.8. The van der Waals surface area contributed by atoms with Gasteiger partial charge in [0.1, 0.15) is 11.3 Å². The van der Waals surface area contributed by atoms with E-state index >= 15 is 0 Å². The van der Waals surface area contributed by atoms with Gasteiger partial charge in [-0.05, 0) is 31.5 Å². The molecule has 1 aromatic heterocycles. The number of carbonyl (C=O) groups is 1. The van der Waals surface area contributed by atoms with Crippen molar-refractivity contribution in [1.82, 2.24) is 10.2 Å². The molecule has 1 aliphatic heterocycles. The number of hydrogen-bond donors (Lipinski definition) is 1. The highest BCUT2D eigenvalue weighted by atomic mass is 16.5. The van der Waals surface area contributed by atoms with Crippen molar-refractivity contribution in [3.8, 4) is 5.75 Å². The van der Waals surface area contributed by atoms with Crippen LogP contribution in [0.25, 0.3) is 11.0 Å². The van der Waals surface area contributed by atoms with E-state index in [0.29, 0.717) is 12.5 Å². The third kappa shape index (κ3) is 3.34. The quantitative estimate of drug-likeness (QED) is 0.890. The molecule has 124 valence electrons. The van der Waals surface area contributed by atoms with Crippen LogP contribution in [0.4, 0.5) is 0 Å². The first-order valence-electron chi connectivity index (χ1n) is 8.27. The molecule has 0 aliphatic carbocycles. The summed E-state index contributed by atoms with van der Waals surface area (Å²) in [5.74, 6) is 0.938. The van der Waals surface area contributed by atoms with Gasteiger partial charge in [-0.25, -0.2) is 0 Å².